The fourth-order valence-electron chi connectivity index (χ4n) is 3.39. The lowest BCUT2D eigenvalue weighted by atomic mass is 10.1. The summed E-state index contributed by atoms with van der Waals surface area (Å²) in [6.45, 7) is 3.93. The van der Waals surface area contributed by atoms with Gasteiger partial charge in [0.2, 0.25) is 5.91 Å². The molecule has 0 N–H and O–H groups in total. The zero-order valence-electron chi connectivity index (χ0n) is 15.1. The van der Waals surface area contributed by atoms with Gasteiger partial charge in [-0.25, -0.2) is 9.40 Å². The molecule has 0 aromatic heterocycles. The Bertz CT molecular complexity index is 828. The average molecular weight is 367 g/mol. The Kier molecular flexibility index (Phi) is 5.16. The van der Waals surface area contributed by atoms with E-state index in [1.807, 2.05) is 0 Å². The normalized spacial score (nSPS) is 17.1. The van der Waals surface area contributed by atoms with Gasteiger partial charge < -0.3 is 9.64 Å². The predicted octanol–water partition coefficient (Wildman–Crippen LogP) is 2.84. The molecule has 2 heterocycles. The van der Waals surface area contributed by atoms with Crippen LogP contribution >= 0.6 is 0 Å². The standard InChI is InChI=1S/C21H22FN3O2/c22-18-5-1-16(2-6-18)15-21(26)25-10-9-20(23-25)17-3-7-19(8-4-17)24-11-13-27-14-12-24/h1-8H,9-15H2. The number of halogens is 1. The molecule has 1 amide bonds. The Balaban J connectivity index is 1.40. The highest BCUT2D eigenvalue weighted by Gasteiger charge is 2.22. The van der Waals surface area contributed by atoms with E-state index in [4.69, 9.17) is 4.74 Å². The van der Waals surface area contributed by atoms with E-state index >= 15 is 0 Å². The van der Waals surface area contributed by atoms with Gasteiger partial charge in [-0.15, -0.1) is 0 Å². The number of hydrogen-bond acceptors (Lipinski definition) is 4. The Labute approximate surface area is 158 Å². The molecule has 1 saturated heterocycles. The molecule has 0 atom stereocenters. The number of morpholine rings is 1. The van der Waals surface area contributed by atoms with E-state index in [1.165, 1.54) is 22.8 Å². The van der Waals surface area contributed by atoms with Crippen molar-refractivity contribution >= 4 is 17.3 Å². The quantitative estimate of drug-likeness (QED) is 0.835. The number of carbonyl (C=O) groups is 1. The van der Waals surface area contributed by atoms with Crippen LogP contribution < -0.4 is 4.90 Å². The Morgan fingerprint density at radius 1 is 1.00 bits per heavy atom. The van der Waals surface area contributed by atoms with Crippen LogP contribution in [0.3, 0.4) is 0 Å². The molecular weight excluding hydrogens is 345 g/mol. The maximum absolute atomic E-state index is 13.0. The number of hydrogen-bond donors (Lipinski definition) is 0. The number of anilines is 1. The molecule has 2 aromatic rings. The molecular formula is C21H22FN3O2. The first kappa shape index (κ1) is 17.7. The van der Waals surface area contributed by atoms with Crippen LogP contribution in [0.5, 0.6) is 0 Å². The SMILES string of the molecule is O=C(Cc1ccc(F)cc1)N1CCC(c2ccc(N3CCOCC3)cc2)=N1. The summed E-state index contributed by atoms with van der Waals surface area (Å²) < 4.78 is 18.4. The van der Waals surface area contributed by atoms with Gasteiger partial charge in [-0.05, 0) is 35.4 Å². The summed E-state index contributed by atoms with van der Waals surface area (Å²) >= 11 is 0. The summed E-state index contributed by atoms with van der Waals surface area (Å²) in [7, 11) is 0. The first-order valence-electron chi connectivity index (χ1n) is 9.24. The minimum Gasteiger partial charge on any atom is -0.378 e. The van der Waals surface area contributed by atoms with E-state index in [1.54, 1.807) is 12.1 Å². The second-order valence-corrected chi connectivity index (χ2v) is 6.76. The molecule has 0 radical (unpaired) electrons. The zero-order chi connectivity index (χ0) is 18.6. The largest absolute Gasteiger partial charge is 0.378 e. The number of ether oxygens (including phenoxy) is 1. The molecule has 2 aliphatic rings. The van der Waals surface area contributed by atoms with Crippen molar-refractivity contribution in [3.63, 3.8) is 0 Å². The van der Waals surface area contributed by atoms with Gasteiger partial charge in [0.05, 0.1) is 31.9 Å². The van der Waals surface area contributed by atoms with Crippen LogP contribution in [0.15, 0.2) is 53.6 Å². The van der Waals surface area contributed by atoms with Gasteiger partial charge in [0.25, 0.3) is 0 Å². The van der Waals surface area contributed by atoms with Gasteiger partial charge in [0, 0.05) is 25.2 Å². The van der Waals surface area contributed by atoms with Crippen LogP contribution in [0.25, 0.3) is 0 Å². The Morgan fingerprint density at radius 2 is 1.70 bits per heavy atom. The van der Waals surface area contributed by atoms with E-state index in [0.717, 1.165) is 49.6 Å². The van der Waals surface area contributed by atoms with Crippen molar-refractivity contribution in [2.75, 3.05) is 37.7 Å². The van der Waals surface area contributed by atoms with Crippen molar-refractivity contribution in [1.82, 2.24) is 5.01 Å². The van der Waals surface area contributed by atoms with Gasteiger partial charge in [-0.3, -0.25) is 4.79 Å². The molecule has 6 heteroatoms. The summed E-state index contributed by atoms with van der Waals surface area (Å²) in [5.41, 5.74) is 3.95. The van der Waals surface area contributed by atoms with Crippen molar-refractivity contribution < 1.29 is 13.9 Å². The Hall–Kier alpha value is -2.73. The molecule has 2 aromatic carbocycles. The molecule has 2 aliphatic heterocycles. The highest BCUT2D eigenvalue weighted by molar-refractivity contribution is 6.03. The summed E-state index contributed by atoms with van der Waals surface area (Å²) in [5, 5.41) is 6.03. The second-order valence-electron chi connectivity index (χ2n) is 6.76. The summed E-state index contributed by atoms with van der Waals surface area (Å²) in [6, 6.07) is 14.4. The monoisotopic (exact) mass is 367 g/mol. The first-order chi connectivity index (χ1) is 13.2. The number of benzene rings is 2. The number of rotatable bonds is 4. The van der Waals surface area contributed by atoms with E-state index in [9.17, 15) is 9.18 Å². The summed E-state index contributed by atoms with van der Waals surface area (Å²) in [6.07, 6.45) is 0.971. The van der Waals surface area contributed by atoms with Crippen LogP contribution in [0.2, 0.25) is 0 Å². The molecule has 27 heavy (non-hydrogen) atoms. The van der Waals surface area contributed by atoms with Crippen LogP contribution in [0.1, 0.15) is 17.5 Å². The number of amides is 1. The smallest absolute Gasteiger partial charge is 0.247 e. The first-order valence-corrected chi connectivity index (χ1v) is 9.24. The molecule has 1 fully saturated rings. The molecule has 5 nitrogen and oxygen atoms in total. The minimum atomic E-state index is -0.298. The Morgan fingerprint density at radius 3 is 2.41 bits per heavy atom. The fraction of sp³-hybridized carbons (Fsp3) is 0.333. The lowest BCUT2D eigenvalue weighted by Crippen LogP contribution is -2.36. The maximum Gasteiger partial charge on any atom is 0.247 e. The minimum absolute atomic E-state index is 0.0680. The molecule has 0 aliphatic carbocycles. The predicted molar refractivity (Wildman–Crippen MR) is 102 cm³/mol. The molecule has 0 spiro atoms. The molecule has 4 rings (SSSR count). The topological polar surface area (TPSA) is 45.1 Å². The van der Waals surface area contributed by atoms with Crippen molar-refractivity contribution in [2.24, 2.45) is 5.10 Å². The fourth-order valence-corrected chi connectivity index (χ4v) is 3.39. The van der Waals surface area contributed by atoms with E-state index in [-0.39, 0.29) is 18.1 Å². The van der Waals surface area contributed by atoms with E-state index in [0.29, 0.717) is 6.54 Å². The van der Waals surface area contributed by atoms with Crippen LogP contribution in [-0.2, 0) is 16.0 Å². The third-order valence-corrected chi connectivity index (χ3v) is 4.94. The van der Waals surface area contributed by atoms with E-state index < -0.39 is 0 Å². The van der Waals surface area contributed by atoms with Crippen LogP contribution in [-0.4, -0.2) is 49.5 Å². The molecule has 0 unspecified atom stereocenters. The average Bonchev–Trinajstić information content (AvgIpc) is 3.21. The number of nitrogens with zero attached hydrogens (tertiary/aromatic N) is 3. The molecule has 0 saturated carbocycles. The van der Waals surface area contributed by atoms with Gasteiger partial charge in [0.1, 0.15) is 5.82 Å². The van der Waals surface area contributed by atoms with Gasteiger partial charge in [-0.2, -0.15) is 5.10 Å². The van der Waals surface area contributed by atoms with Gasteiger partial charge in [-0.1, -0.05) is 24.3 Å². The highest BCUT2D eigenvalue weighted by Crippen LogP contribution is 2.20. The number of carbonyl (C=O) groups excluding carboxylic acids is 1. The van der Waals surface area contributed by atoms with Crippen LogP contribution in [0, 0.1) is 5.82 Å². The third kappa shape index (κ3) is 4.17. The van der Waals surface area contributed by atoms with E-state index in [2.05, 4.69) is 34.3 Å². The lowest BCUT2D eigenvalue weighted by molar-refractivity contribution is -0.130. The maximum atomic E-state index is 13.0. The van der Waals surface area contributed by atoms with Crippen molar-refractivity contribution in [3.05, 3.63) is 65.5 Å². The summed E-state index contributed by atoms with van der Waals surface area (Å²) in [5.74, 6) is -0.366. The highest BCUT2D eigenvalue weighted by atomic mass is 19.1. The second kappa shape index (κ2) is 7.88. The van der Waals surface area contributed by atoms with Crippen LogP contribution in [0.4, 0.5) is 10.1 Å². The van der Waals surface area contributed by atoms with Gasteiger partial charge in [0.15, 0.2) is 0 Å². The number of hydrazone groups is 1. The third-order valence-electron chi connectivity index (χ3n) is 4.94. The van der Waals surface area contributed by atoms with Crippen molar-refractivity contribution in [1.29, 1.82) is 0 Å². The van der Waals surface area contributed by atoms with Gasteiger partial charge >= 0.3 is 0 Å². The molecule has 0 bridgehead atoms. The lowest BCUT2D eigenvalue weighted by Gasteiger charge is -2.28. The zero-order valence-corrected chi connectivity index (χ0v) is 15.1. The molecule has 140 valence electrons. The summed E-state index contributed by atoms with van der Waals surface area (Å²) in [4.78, 5) is 14.8. The van der Waals surface area contributed by atoms with Crippen molar-refractivity contribution in [3.8, 4) is 0 Å². The van der Waals surface area contributed by atoms with Crippen molar-refractivity contribution in [2.45, 2.75) is 12.8 Å².